The largest absolute Gasteiger partial charge is 0.480 e. The fourth-order valence-electron chi connectivity index (χ4n) is 1.55. The van der Waals surface area contributed by atoms with Crippen molar-refractivity contribution in [3.63, 3.8) is 0 Å². The molecule has 0 aromatic heterocycles. The number of carbonyl (C=O) groups is 3. The molecule has 1 aromatic carbocycles. The number of primary amides is 1. The molecule has 0 bridgehead atoms. The van der Waals surface area contributed by atoms with Crippen molar-refractivity contribution in [1.82, 2.24) is 10.2 Å². The average molecular weight is 293 g/mol. The van der Waals surface area contributed by atoms with Gasteiger partial charge in [0, 0.05) is 19.2 Å². The Morgan fingerprint density at radius 1 is 1.24 bits per heavy atom. The molecule has 0 saturated carbocycles. The number of rotatable bonds is 5. The molecule has 0 radical (unpaired) electrons. The summed E-state index contributed by atoms with van der Waals surface area (Å²) < 4.78 is 0. The molecule has 4 N–H and O–H groups in total. The van der Waals surface area contributed by atoms with E-state index in [0.29, 0.717) is 5.56 Å². The first kappa shape index (κ1) is 16.5. The number of nitrogens with two attached hydrogens (primary N) is 1. The Morgan fingerprint density at radius 3 is 2.19 bits per heavy atom. The molecular weight excluding hydrogens is 274 g/mol. The van der Waals surface area contributed by atoms with Crippen LogP contribution >= 0.6 is 0 Å². The third-order valence-corrected chi connectivity index (χ3v) is 3.33. The minimum atomic E-state index is -1.30. The zero-order chi connectivity index (χ0) is 16.2. The van der Waals surface area contributed by atoms with E-state index in [1.807, 2.05) is 0 Å². The normalized spacial score (nSPS) is 10.8. The quantitative estimate of drug-likeness (QED) is 0.744. The molecule has 0 fully saturated rings. The lowest BCUT2D eigenvalue weighted by Gasteiger charge is -2.31. The van der Waals surface area contributed by atoms with Gasteiger partial charge in [-0.1, -0.05) is 12.1 Å². The molecule has 0 aliphatic heterocycles. The summed E-state index contributed by atoms with van der Waals surface area (Å²) in [6, 6.07) is 5.87. The van der Waals surface area contributed by atoms with Gasteiger partial charge in [-0.05, 0) is 31.5 Å². The Labute approximate surface area is 122 Å². The molecule has 0 heterocycles. The molecule has 0 saturated heterocycles. The minimum Gasteiger partial charge on any atom is -0.480 e. The van der Waals surface area contributed by atoms with Crippen molar-refractivity contribution in [3.8, 4) is 0 Å². The zero-order valence-electron chi connectivity index (χ0n) is 12.2. The van der Waals surface area contributed by atoms with Gasteiger partial charge >= 0.3 is 12.0 Å². The number of hydrogen-bond donors (Lipinski definition) is 3. The Morgan fingerprint density at radius 2 is 1.76 bits per heavy atom. The van der Waals surface area contributed by atoms with Gasteiger partial charge in [-0.3, -0.25) is 4.79 Å². The molecule has 1 aromatic rings. The van der Waals surface area contributed by atoms with Gasteiger partial charge in [0.05, 0.1) is 0 Å². The lowest BCUT2D eigenvalue weighted by Crippen LogP contribution is -2.50. The first-order chi connectivity index (χ1) is 9.66. The number of likely N-dealkylation sites (N-methyl/N-ethyl adjacent to an activating group) is 1. The monoisotopic (exact) mass is 293 g/mol. The molecule has 21 heavy (non-hydrogen) atoms. The summed E-state index contributed by atoms with van der Waals surface area (Å²) in [4.78, 5) is 35.2. The fourth-order valence-corrected chi connectivity index (χ4v) is 1.55. The smallest absolute Gasteiger partial charge is 0.329 e. The van der Waals surface area contributed by atoms with Crippen molar-refractivity contribution in [3.05, 3.63) is 35.4 Å². The van der Waals surface area contributed by atoms with E-state index in [2.05, 4.69) is 5.32 Å². The summed E-state index contributed by atoms with van der Waals surface area (Å²) in [5.41, 5.74) is 4.82. The maximum atomic E-state index is 12.2. The highest BCUT2D eigenvalue weighted by Crippen LogP contribution is 2.16. The fraction of sp³-hybridized carbons (Fsp3) is 0.357. The highest BCUT2D eigenvalue weighted by molar-refractivity contribution is 5.97. The second-order valence-corrected chi connectivity index (χ2v) is 5.14. The number of carboxylic acid groups (broad SMARTS) is 1. The summed E-state index contributed by atoms with van der Waals surface area (Å²) in [6.45, 7) is 3.18. The first-order valence-corrected chi connectivity index (χ1v) is 6.30. The SMILES string of the molecule is CN(C(=O)c1ccc(CNC(N)=O)cc1)C(C)(C)C(=O)O. The van der Waals surface area contributed by atoms with Crippen molar-refractivity contribution in [2.75, 3.05) is 7.05 Å². The Bertz CT molecular complexity index is 552. The maximum Gasteiger partial charge on any atom is 0.329 e. The van der Waals surface area contributed by atoms with Crippen LogP contribution in [0.5, 0.6) is 0 Å². The van der Waals surface area contributed by atoms with Crippen LogP contribution in [0.15, 0.2) is 24.3 Å². The van der Waals surface area contributed by atoms with E-state index in [-0.39, 0.29) is 6.54 Å². The maximum absolute atomic E-state index is 12.2. The van der Waals surface area contributed by atoms with Crippen LogP contribution in [-0.4, -0.2) is 40.5 Å². The van der Waals surface area contributed by atoms with Crippen LogP contribution in [0.1, 0.15) is 29.8 Å². The predicted molar refractivity (Wildman–Crippen MR) is 76.7 cm³/mol. The van der Waals surface area contributed by atoms with E-state index >= 15 is 0 Å². The number of benzene rings is 1. The number of urea groups is 1. The van der Waals surface area contributed by atoms with Gasteiger partial charge in [0.2, 0.25) is 0 Å². The summed E-state index contributed by atoms with van der Waals surface area (Å²) in [6.07, 6.45) is 0. The van der Waals surface area contributed by atoms with Crippen molar-refractivity contribution < 1.29 is 19.5 Å². The van der Waals surface area contributed by atoms with Crippen LogP contribution in [0.4, 0.5) is 4.79 Å². The number of carboxylic acids is 1. The van der Waals surface area contributed by atoms with E-state index in [4.69, 9.17) is 10.8 Å². The Kier molecular flexibility index (Phi) is 4.91. The number of nitrogens with zero attached hydrogens (tertiary/aromatic N) is 1. The molecule has 0 aliphatic rings. The van der Waals surface area contributed by atoms with Crippen LogP contribution in [0, 0.1) is 0 Å². The molecule has 114 valence electrons. The van der Waals surface area contributed by atoms with Gasteiger partial charge in [0.25, 0.3) is 5.91 Å². The molecule has 1 rings (SSSR count). The van der Waals surface area contributed by atoms with E-state index in [0.717, 1.165) is 5.56 Å². The van der Waals surface area contributed by atoms with E-state index in [1.54, 1.807) is 24.3 Å². The van der Waals surface area contributed by atoms with Gasteiger partial charge in [-0.2, -0.15) is 0 Å². The van der Waals surface area contributed by atoms with Crippen LogP contribution in [0.2, 0.25) is 0 Å². The second kappa shape index (κ2) is 6.25. The van der Waals surface area contributed by atoms with Crippen LogP contribution in [0.25, 0.3) is 0 Å². The number of aliphatic carboxylic acids is 1. The number of hydrogen-bond acceptors (Lipinski definition) is 3. The highest BCUT2D eigenvalue weighted by atomic mass is 16.4. The average Bonchev–Trinajstić information content (AvgIpc) is 2.43. The summed E-state index contributed by atoms with van der Waals surface area (Å²) in [5, 5.41) is 11.6. The molecule has 0 aliphatic carbocycles. The van der Waals surface area contributed by atoms with Crippen LogP contribution < -0.4 is 11.1 Å². The second-order valence-electron chi connectivity index (χ2n) is 5.14. The zero-order valence-corrected chi connectivity index (χ0v) is 12.2. The molecular formula is C14H19N3O4. The molecule has 0 unspecified atom stereocenters. The minimum absolute atomic E-state index is 0.264. The summed E-state index contributed by atoms with van der Waals surface area (Å²) in [5.74, 6) is -1.47. The first-order valence-electron chi connectivity index (χ1n) is 6.30. The van der Waals surface area contributed by atoms with Crippen LogP contribution in [-0.2, 0) is 11.3 Å². The lowest BCUT2D eigenvalue weighted by molar-refractivity contribution is -0.147. The Hall–Kier alpha value is -2.57. The van der Waals surface area contributed by atoms with Crippen LogP contribution in [0.3, 0.4) is 0 Å². The van der Waals surface area contributed by atoms with Crippen molar-refractivity contribution in [1.29, 1.82) is 0 Å². The van der Waals surface area contributed by atoms with E-state index in [9.17, 15) is 14.4 Å². The number of carbonyl (C=O) groups excluding carboxylic acids is 2. The van der Waals surface area contributed by atoms with Crippen molar-refractivity contribution >= 4 is 17.9 Å². The third-order valence-electron chi connectivity index (χ3n) is 3.33. The van der Waals surface area contributed by atoms with Gasteiger partial charge < -0.3 is 21.1 Å². The third kappa shape index (κ3) is 3.95. The predicted octanol–water partition coefficient (Wildman–Crippen LogP) is 0.790. The Balaban J connectivity index is 2.84. The number of amides is 3. The lowest BCUT2D eigenvalue weighted by atomic mass is 10.0. The molecule has 0 spiro atoms. The number of nitrogens with one attached hydrogen (secondary N) is 1. The van der Waals surface area contributed by atoms with Gasteiger partial charge in [-0.25, -0.2) is 9.59 Å². The van der Waals surface area contributed by atoms with Gasteiger partial charge in [0.1, 0.15) is 5.54 Å². The topological polar surface area (TPSA) is 113 Å². The molecule has 7 heteroatoms. The summed E-state index contributed by atoms with van der Waals surface area (Å²) >= 11 is 0. The van der Waals surface area contributed by atoms with Crippen molar-refractivity contribution in [2.45, 2.75) is 25.9 Å². The molecule has 0 atom stereocenters. The molecule has 3 amide bonds. The summed E-state index contributed by atoms with van der Waals surface area (Å²) in [7, 11) is 1.44. The highest BCUT2D eigenvalue weighted by Gasteiger charge is 2.35. The van der Waals surface area contributed by atoms with Gasteiger partial charge in [0.15, 0.2) is 0 Å². The van der Waals surface area contributed by atoms with E-state index in [1.165, 1.54) is 25.8 Å². The standard InChI is InChI=1S/C14H19N3O4/c1-14(2,12(19)20)17(3)11(18)10-6-4-9(5-7-10)8-16-13(15)21/h4-7H,8H2,1-3H3,(H,19,20)(H3,15,16,21). The van der Waals surface area contributed by atoms with Gasteiger partial charge in [-0.15, -0.1) is 0 Å². The van der Waals surface area contributed by atoms with E-state index < -0.39 is 23.4 Å². The van der Waals surface area contributed by atoms with Crippen molar-refractivity contribution in [2.24, 2.45) is 5.73 Å². The molecule has 7 nitrogen and oxygen atoms in total.